The average Bonchev–Trinajstić information content (AvgIpc) is 3.23. The molecule has 1 atom stereocenters. The van der Waals surface area contributed by atoms with Crippen molar-refractivity contribution in [2.24, 2.45) is 5.41 Å². The maximum absolute atomic E-state index is 11.7. The summed E-state index contributed by atoms with van der Waals surface area (Å²) in [5.41, 5.74) is 1.60. The highest BCUT2D eigenvalue weighted by molar-refractivity contribution is 7.19. The van der Waals surface area contributed by atoms with Gasteiger partial charge in [-0.3, -0.25) is 4.79 Å². The third kappa shape index (κ3) is 2.00. The first-order valence-corrected chi connectivity index (χ1v) is 9.26. The molecule has 120 valence electrons. The van der Waals surface area contributed by atoms with Gasteiger partial charge in [0.05, 0.1) is 5.39 Å². The number of fused-ring (bicyclic) bond motifs is 3. The van der Waals surface area contributed by atoms with E-state index in [1.165, 1.54) is 28.7 Å². The SMILES string of the molecule is Cc1nc(N2CCC3(CNC(=O)C3)C2)c2c3c(sc2n1)CCC3. The van der Waals surface area contributed by atoms with Crippen LogP contribution in [0.2, 0.25) is 0 Å². The van der Waals surface area contributed by atoms with Gasteiger partial charge in [0, 0.05) is 36.3 Å². The van der Waals surface area contributed by atoms with Crippen molar-refractivity contribution in [3.63, 3.8) is 0 Å². The number of hydrogen-bond donors (Lipinski definition) is 1. The molecule has 4 heterocycles. The normalized spacial score (nSPS) is 26.5. The van der Waals surface area contributed by atoms with Crippen LogP contribution in [0.1, 0.15) is 35.5 Å². The van der Waals surface area contributed by atoms with Gasteiger partial charge in [-0.1, -0.05) is 0 Å². The van der Waals surface area contributed by atoms with Crippen LogP contribution in [0.4, 0.5) is 5.82 Å². The van der Waals surface area contributed by atoms with E-state index in [1.54, 1.807) is 0 Å². The van der Waals surface area contributed by atoms with Gasteiger partial charge in [-0.2, -0.15) is 0 Å². The van der Waals surface area contributed by atoms with Crippen LogP contribution >= 0.6 is 11.3 Å². The van der Waals surface area contributed by atoms with Crippen LogP contribution in [0.25, 0.3) is 10.2 Å². The van der Waals surface area contributed by atoms with E-state index in [1.807, 2.05) is 18.3 Å². The fourth-order valence-electron chi connectivity index (χ4n) is 4.47. The molecule has 2 fully saturated rings. The molecule has 1 aliphatic carbocycles. The van der Waals surface area contributed by atoms with Gasteiger partial charge in [-0.15, -0.1) is 11.3 Å². The summed E-state index contributed by atoms with van der Waals surface area (Å²) in [4.78, 5) is 26.2. The summed E-state index contributed by atoms with van der Waals surface area (Å²) < 4.78 is 0. The minimum Gasteiger partial charge on any atom is -0.355 e. The summed E-state index contributed by atoms with van der Waals surface area (Å²) in [6.45, 7) is 4.73. The maximum atomic E-state index is 11.7. The van der Waals surface area contributed by atoms with Gasteiger partial charge >= 0.3 is 0 Å². The summed E-state index contributed by atoms with van der Waals surface area (Å²) in [7, 11) is 0. The molecule has 23 heavy (non-hydrogen) atoms. The number of carbonyl (C=O) groups excluding carboxylic acids is 1. The molecule has 5 rings (SSSR count). The molecule has 0 saturated carbocycles. The zero-order valence-electron chi connectivity index (χ0n) is 13.3. The Hall–Kier alpha value is -1.69. The molecule has 0 aromatic carbocycles. The largest absolute Gasteiger partial charge is 0.355 e. The molecular weight excluding hydrogens is 308 g/mol. The van der Waals surface area contributed by atoms with Crippen LogP contribution in [0.15, 0.2) is 0 Å². The number of rotatable bonds is 1. The second kappa shape index (κ2) is 4.66. The Morgan fingerprint density at radius 2 is 2.22 bits per heavy atom. The molecule has 2 saturated heterocycles. The van der Waals surface area contributed by atoms with Gasteiger partial charge in [0.2, 0.25) is 5.91 Å². The molecule has 2 aromatic heterocycles. The second-order valence-corrected chi connectivity index (χ2v) is 8.34. The van der Waals surface area contributed by atoms with E-state index in [-0.39, 0.29) is 11.3 Å². The molecule has 3 aliphatic rings. The molecule has 2 aliphatic heterocycles. The fourth-order valence-corrected chi connectivity index (χ4v) is 5.77. The van der Waals surface area contributed by atoms with Crippen LogP contribution in [0.5, 0.6) is 0 Å². The molecule has 1 amide bonds. The van der Waals surface area contributed by atoms with E-state index in [0.29, 0.717) is 6.42 Å². The predicted molar refractivity (Wildman–Crippen MR) is 91.1 cm³/mol. The van der Waals surface area contributed by atoms with Crippen LogP contribution in [-0.4, -0.2) is 35.5 Å². The molecule has 1 unspecified atom stereocenters. The standard InChI is InChI=1S/C17H20N4OS/c1-10-19-15(14-11-3-2-4-12(11)23-16(14)20-10)21-6-5-17(9-21)7-13(22)18-8-17/h2-9H2,1H3,(H,18,22). The van der Waals surface area contributed by atoms with Crippen LogP contribution in [-0.2, 0) is 17.6 Å². The van der Waals surface area contributed by atoms with Crippen molar-refractivity contribution in [2.45, 2.75) is 39.0 Å². The zero-order chi connectivity index (χ0) is 15.6. The molecule has 6 heteroatoms. The highest BCUT2D eigenvalue weighted by Gasteiger charge is 2.44. The van der Waals surface area contributed by atoms with Crippen LogP contribution in [0, 0.1) is 12.3 Å². The highest BCUT2D eigenvalue weighted by atomic mass is 32.1. The molecule has 0 bridgehead atoms. The average molecular weight is 328 g/mol. The lowest BCUT2D eigenvalue weighted by Gasteiger charge is -2.23. The van der Waals surface area contributed by atoms with Gasteiger partial charge < -0.3 is 10.2 Å². The van der Waals surface area contributed by atoms with E-state index in [0.717, 1.165) is 48.9 Å². The summed E-state index contributed by atoms with van der Waals surface area (Å²) in [5.74, 6) is 2.17. The Kier molecular flexibility index (Phi) is 2.78. The zero-order valence-corrected chi connectivity index (χ0v) is 14.1. The lowest BCUT2D eigenvalue weighted by atomic mass is 9.86. The second-order valence-electron chi connectivity index (χ2n) is 7.26. The smallest absolute Gasteiger partial charge is 0.220 e. The van der Waals surface area contributed by atoms with Crippen LogP contribution in [0.3, 0.4) is 0 Å². The first-order valence-electron chi connectivity index (χ1n) is 8.44. The molecular formula is C17H20N4OS. The van der Waals surface area contributed by atoms with Gasteiger partial charge in [0.25, 0.3) is 0 Å². The number of aromatic nitrogens is 2. The number of thiophene rings is 1. The van der Waals surface area contributed by atoms with Gasteiger partial charge in [0.1, 0.15) is 16.5 Å². The minimum atomic E-state index is 0.113. The van der Waals surface area contributed by atoms with E-state index < -0.39 is 0 Å². The summed E-state index contributed by atoms with van der Waals surface area (Å²) in [6, 6.07) is 0. The van der Waals surface area contributed by atoms with Crippen molar-refractivity contribution in [1.29, 1.82) is 0 Å². The number of carbonyl (C=O) groups is 1. The van der Waals surface area contributed by atoms with Crippen molar-refractivity contribution < 1.29 is 4.79 Å². The number of aryl methyl sites for hydroxylation is 3. The number of nitrogens with zero attached hydrogens (tertiary/aromatic N) is 3. The summed E-state index contributed by atoms with van der Waals surface area (Å²) >= 11 is 1.85. The van der Waals surface area contributed by atoms with Crippen molar-refractivity contribution in [1.82, 2.24) is 15.3 Å². The number of amides is 1. The Morgan fingerprint density at radius 1 is 1.30 bits per heavy atom. The molecule has 5 nitrogen and oxygen atoms in total. The van der Waals surface area contributed by atoms with Crippen LogP contribution < -0.4 is 10.2 Å². The van der Waals surface area contributed by atoms with Crippen molar-refractivity contribution in [3.05, 3.63) is 16.3 Å². The highest BCUT2D eigenvalue weighted by Crippen LogP contribution is 2.44. The van der Waals surface area contributed by atoms with Gasteiger partial charge in [0.15, 0.2) is 0 Å². The lowest BCUT2D eigenvalue weighted by molar-refractivity contribution is -0.119. The monoisotopic (exact) mass is 328 g/mol. The fraction of sp³-hybridized carbons (Fsp3) is 0.588. The maximum Gasteiger partial charge on any atom is 0.220 e. The first kappa shape index (κ1) is 13.7. The Balaban J connectivity index is 1.59. The van der Waals surface area contributed by atoms with E-state index in [4.69, 9.17) is 4.98 Å². The Morgan fingerprint density at radius 3 is 3.04 bits per heavy atom. The van der Waals surface area contributed by atoms with E-state index in [9.17, 15) is 4.79 Å². The minimum absolute atomic E-state index is 0.113. The third-order valence-electron chi connectivity index (χ3n) is 5.59. The third-order valence-corrected chi connectivity index (χ3v) is 6.78. The summed E-state index contributed by atoms with van der Waals surface area (Å²) in [6.07, 6.45) is 5.35. The topological polar surface area (TPSA) is 58.1 Å². The van der Waals surface area contributed by atoms with Crippen molar-refractivity contribution in [2.75, 3.05) is 24.5 Å². The van der Waals surface area contributed by atoms with Gasteiger partial charge in [-0.05, 0) is 38.2 Å². The first-order chi connectivity index (χ1) is 11.1. The molecule has 0 radical (unpaired) electrons. The van der Waals surface area contributed by atoms with E-state index >= 15 is 0 Å². The van der Waals surface area contributed by atoms with Crippen molar-refractivity contribution in [3.8, 4) is 0 Å². The quantitative estimate of drug-likeness (QED) is 0.872. The molecule has 2 aromatic rings. The molecule has 1 N–H and O–H groups in total. The Bertz CT molecular complexity index is 830. The summed E-state index contributed by atoms with van der Waals surface area (Å²) in [5, 5.41) is 4.31. The number of nitrogens with one attached hydrogen (secondary N) is 1. The number of anilines is 1. The van der Waals surface area contributed by atoms with E-state index in [2.05, 4.69) is 15.2 Å². The van der Waals surface area contributed by atoms with Gasteiger partial charge in [-0.25, -0.2) is 9.97 Å². The Labute approximate surface area is 139 Å². The lowest BCUT2D eigenvalue weighted by Crippen LogP contribution is -2.29. The predicted octanol–water partition coefficient (Wildman–Crippen LogP) is 2.20. The number of hydrogen-bond acceptors (Lipinski definition) is 5. The van der Waals surface area contributed by atoms with Crippen molar-refractivity contribution >= 4 is 33.3 Å². The molecule has 1 spiro atoms.